The maximum atomic E-state index is 11.5. The van der Waals surface area contributed by atoms with E-state index in [2.05, 4.69) is 5.32 Å². The van der Waals surface area contributed by atoms with Crippen LogP contribution in [0.25, 0.3) is 0 Å². The van der Waals surface area contributed by atoms with E-state index in [1.54, 1.807) is 0 Å². The van der Waals surface area contributed by atoms with Crippen LogP contribution in [0.1, 0.15) is 19.3 Å². The van der Waals surface area contributed by atoms with Gasteiger partial charge >= 0.3 is 0 Å². The maximum absolute atomic E-state index is 11.5. The molecule has 13 heavy (non-hydrogen) atoms. The number of rotatable bonds is 0. The summed E-state index contributed by atoms with van der Waals surface area (Å²) >= 11 is 0. The zero-order valence-corrected chi connectivity index (χ0v) is 7.25. The van der Waals surface area contributed by atoms with Crippen molar-refractivity contribution in [1.82, 2.24) is 10.4 Å². The van der Waals surface area contributed by atoms with Crippen molar-refractivity contribution in [2.24, 2.45) is 5.41 Å². The summed E-state index contributed by atoms with van der Waals surface area (Å²) in [6.07, 6.45) is 1.47. The standard InChI is InChI=1S/C8H12N2O3/c11-6-5-8(7(12)10(6)13)1-3-9-4-2-8/h9,13H,1-5H2. The Hall–Kier alpha value is -0.940. The molecule has 0 atom stereocenters. The highest BCUT2D eigenvalue weighted by atomic mass is 16.5. The lowest BCUT2D eigenvalue weighted by Crippen LogP contribution is -2.42. The third-order valence-corrected chi connectivity index (χ3v) is 2.93. The largest absolute Gasteiger partial charge is 0.317 e. The first-order valence-electron chi connectivity index (χ1n) is 4.43. The molecule has 5 nitrogen and oxygen atoms in total. The molecular weight excluding hydrogens is 172 g/mol. The lowest BCUT2D eigenvalue weighted by atomic mass is 9.77. The summed E-state index contributed by atoms with van der Waals surface area (Å²) in [4.78, 5) is 22.6. The average molecular weight is 184 g/mol. The Labute approximate surface area is 75.7 Å². The summed E-state index contributed by atoms with van der Waals surface area (Å²) in [5, 5.41) is 12.5. The fourth-order valence-corrected chi connectivity index (χ4v) is 2.07. The predicted octanol–water partition coefficient (Wildman–Crippen LogP) is -0.496. The predicted molar refractivity (Wildman–Crippen MR) is 42.8 cm³/mol. The van der Waals surface area contributed by atoms with Crippen molar-refractivity contribution < 1.29 is 14.8 Å². The number of carbonyl (C=O) groups is 2. The second kappa shape index (κ2) is 2.78. The molecule has 2 rings (SSSR count). The lowest BCUT2D eigenvalue weighted by Gasteiger charge is -2.30. The molecule has 5 heteroatoms. The van der Waals surface area contributed by atoms with E-state index in [-0.39, 0.29) is 11.5 Å². The fourth-order valence-electron chi connectivity index (χ4n) is 2.07. The van der Waals surface area contributed by atoms with Gasteiger partial charge < -0.3 is 5.32 Å². The van der Waals surface area contributed by atoms with Crippen LogP contribution in [-0.2, 0) is 9.59 Å². The highest BCUT2D eigenvalue weighted by Gasteiger charge is 2.51. The van der Waals surface area contributed by atoms with Crippen molar-refractivity contribution in [3.63, 3.8) is 0 Å². The number of hydrogen-bond acceptors (Lipinski definition) is 4. The molecule has 0 bridgehead atoms. The van der Waals surface area contributed by atoms with Crippen molar-refractivity contribution in [2.45, 2.75) is 19.3 Å². The summed E-state index contributed by atoms with van der Waals surface area (Å²) in [5.74, 6) is -0.883. The quantitative estimate of drug-likeness (QED) is 0.393. The van der Waals surface area contributed by atoms with E-state index in [0.717, 1.165) is 13.1 Å². The molecule has 2 saturated heterocycles. The minimum Gasteiger partial charge on any atom is -0.317 e. The smallest absolute Gasteiger partial charge is 0.260 e. The van der Waals surface area contributed by atoms with Gasteiger partial charge in [-0.2, -0.15) is 5.06 Å². The SMILES string of the molecule is O=C1CC2(CCNCC2)C(=O)N1O. The molecule has 2 heterocycles. The van der Waals surface area contributed by atoms with Gasteiger partial charge in [-0.1, -0.05) is 0 Å². The molecule has 0 aromatic heterocycles. The summed E-state index contributed by atoms with van der Waals surface area (Å²) in [6.45, 7) is 1.49. The van der Waals surface area contributed by atoms with E-state index >= 15 is 0 Å². The molecule has 2 fully saturated rings. The maximum Gasteiger partial charge on any atom is 0.260 e. The zero-order chi connectivity index (χ0) is 9.47. The van der Waals surface area contributed by atoms with Crippen LogP contribution in [-0.4, -0.2) is 35.2 Å². The molecule has 0 unspecified atom stereocenters. The summed E-state index contributed by atoms with van der Waals surface area (Å²) in [5.41, 5.74) is -0.600. The van der Waals surface area contributed by atoms with E-state index in [4.69, 9.17) is 5.21 Å². The Bertz CT molecular complexity index is 258. The van der Waals surface area contributed by atoms with Crippen LogP contribution in [0.15, 0.2) is 0 Å². The molecule has 0 saturated carbocycles. The van der Waals surface area contributed by atoms with E-state index in [1.807, 2.05) is 0 Å². The molecule has 2 aliphatic rings. The molecule has 0 aromatic rings. The van der Waals surface area contributed by atoms with Gasteiger partial charge in [0.25, 0.3) is 11.8 Å². The Morgan fingerprint density at radius 3 is 2.38 bits per heavy atom. The number of hydroxylamine groups is 2. The van der Waals surface area contributed by atoms with Gasteiger partial charge in [-0.15, -0.1) is 0 Å². The van der Waals surface area contributed by atoms with Gasteiger partial charge in [0.15, 0.2) is 0 Å². The van der Waals surface area contributed by atoms with Crippen LogP contribution in [0, 0.1) is 5.41 Å². The monoisotopic (exact) mass is 184 g/mol. The van der Waals surface area contributed by atoms with Gasteiger partial charge in [0.1, 0.15) is 0 Å². The highest BCUT2D eigenvalue weighted by Crippen LogP contribution is 2.39. The van der Waals surface area contributed by atoms with Crippen LogP contribution >= 0.6 is 0 Å². The van der Waals surface area contributed by atoms with Crippen molar-refractivity contribution in [3.05, 3.63) is 0 Å². The number of nitrogens with one attached hydrogen (secondary N) is 1. The number of hydrogen-bond donors (Lipinski definition) is 2. The minimum atomic E-state index is -0.600. The van der Waals surface area contributed by atoms with Crippen molar-refractivity contribution in [1.29, 1.82) is 0 Å². The summed E-state index contributed by atoms with van der Waals surface area (Å²) in [6, 6.07) is 0. The number of amides is 2. The summed E-state index contributed by atoms with van der Waals surface area (Å²) < 4.78 is 0. The second-order valence-corrected chi connectivity index (χ2v) is 3.72. The van der Waals surface area contributed by atoms with E-state index in [1.165, 1.54) is 0 Å². The normalized spacial score (nSPS) is 27.3. The fraction of sp³-hybridized carbons (Fsp3) is 0.750. The first kappa shape index (κ1) is 8.65. The molecule has 2 aliphatic heterocycles. The van der Waals surface area contributed by atoms with Gasteiger partial charge in [-0.05, 0) is 25.9 Å². The molecule has 0 aliphatic carbocycles. The van der Waals surface area contributed by atoms with Crippen LogP contribution in [0.3, 0.4) is 0 Å². The third kappa shape index (κ3) is 1.15. The topological polar surface area (TPSA) is 69.6 Å². The minimum absolute atomic E-state index is 0.171. The average Bonchev–Trinajstić information content (AvgIpc) is 2.33. The number of carbonyl (C=O) groups excluding carboxylic acids is 2. The molecule has 0 aromatic carbocycles. The molecule has 2 N–H and O–H groups in total. The Kier molecular flexibility index (Phi) is 1.85. The summed E-state index contributed by atoms with van der Waals surface area (Å²) in [7, 11) is 0. The highest BCUT2D eigenvalue weighted by molar-refractivity contribution is 6.04. The van der Waals surface area contributed by atoms with Gasteiger partial charge in [0, 0.05) is 6.42 Å². The third-order valence-electron chi connectivity index (χ3n) is 2.93. The lowest BCUT2D eigenvalue weighted by molar-refractivity contribution is -0.174. The second-order valence-electron chi connectivity index (χ2n) is 3.72. The first-order chi connectivity index (χ1) is 6.16. The van der Waals surface area contributed by atoms with E-state index < -0.39 is 17.2 Å². The van der Waals surface area contributed by atoms with Crippen LogP contribution in [0.2, 0.25) is 0 Å². The number of piperidine rings is 1. The van der Waals surface area contributed by atoms with Crippen LogP contribution in [0.5, 0.6) is 0 Å². The number of nitrogens with zero attached hydrogens (tertiary/aromatic N) is 1. The van der Waals surface area contributed by atoms with Gasteiger partial charge in [0.05, 0.1) is 5.41 Å². The van der Waals surface area contributed by atoms with E-state index in [0.29, 0.717) is 12.8 Å². The zero-order valence-electron chi connectivity index (χ0n) is 7.25. The van der Waals surface area contributed by atoms with Gasteiger partial charge in [-0.3, -0.25) is 14.8 Å². The first-order valence-corrected chi connectivity index (χ1v) is 4.43. The number of imide groups is 1. The van der Waals surface area contributed by atoms with Crippen LogP contribution in [0.4, 0.5) is 0 Å². The van der Waals surface area contributed by atoms with Crippen molar-refractivity contribution in [2.75, 3.05) is 13.1 Å². The van der Waals surface area contributed by atoms with Gasteiger partial charge in [0.2, 0.25) is 0 Å². The van der Waals surface area contributed by atoms with Crippen molar-refractivity contribution in [3.8, 4) is 0 Å². The Balaban J connectivity index is 2.23. The van der Waals surface area contributed by atoms with Crippen LogP contribution < -0.4 is 5.32 Å². The van der Waals surface area contributed by atoms with Gasteiger partial charge in [-0.25, -0.2) is 0 Å². The molecule has 1 spiro atoms. The molecular formula is C8H12N2O3. The van der Waals surface area contributed by atoms with E-state index in [9.17, 15) is 9.59 Å². The molecule has 2 amide bonds. The molecule has 72 valence electrons. The Morgan fingerprint density at radius 1 is 1.31 bits per heavy atom. The molecule has 0 radical (unpaired) electrons. The Morgan fingerprint density at radius 2 is 1.92 bits per heavy atom. The van der Waals surface area contributed by atoms with Crippen molar-refractivity contribution >= 4 is 11.8 Å².